The number of aryl methyl sites for hydroxylation is 3. The normalized spacial score (nSPS) is 19.1. The highest BCUT2D eigenvalue weighted by Gasteiger charge is 2.23. The SMILES string of the molecule is Cc1ccc(C(O)CC2CCCc3ccccc32)c(C)c1. The molecule has 0 bridgehead atoms. The average Bonchev–Trinajstić information content (AvgIpc) is 2.47. The minimum Gasteiger partial charge on any atom is -0.388 e. The van der Waals surface area contributed by atoms with E-state index in [1.54, 1.807) is 0 Å². The van der Waals surface area contributed by atoms with Crippen molar-refractivity contribution in [1.82, 2.24) is 0 Å². The number of benzene rings is 2. The predicted octanol–water partition coefficient (Wildman–Crippen LogP) is 4.85. The van der Waals surface area contributed by atoms with Gasteiger partial charge in [0.2, 0.25) is 0 Å². The van der Waals surface area contributed by atoms with Crippen LogP contribution in [0.25, 0.3) is 0 Å². The summed E-state index contributed by atoms with van der Waals surface area (Å²) in [5, 5.41) is 10.7. The Morgan fingerprint density at radius 1 is 1.14 bits per heavy atom. The molecule has 21 heavy (non-hydrogen) atoms. The van der Waals surface area contributed by atoms with Crippen molar-refractivity contribution in [1.29, 1.82) is 0 Å². The van der Waals surface area contributed by atoms with Crippen molar-refractivity contribution in [2.45, 2.75) is 51.6 Å². The zero-order valence-corrected chi connectivity index (χ0v) is 13.0. The lowest BCUT2D eigenvalue weighted by Crippen LogP contribution is -2.13. The van der Waals surface area contributed by atoms with Crippen LogP contribution in [-0.4, -0.2) is 5.11 Å². The van der Waals surface area contributed by atoms with Gasteiger partial charge < -0.3 is 5.11 Å². The number of hydrogen-bond donors (Lipinski definition) is 1. The van der Waals surface area contributed by atoms with Crippen LogP contribution in [0.5, 0.6) is 0 Å². The Morgan fingerprint density at radius 2 is 1.95 bits per heavy atom. The highest BCUT2D eigenvalue weighted by molar-refractivity contribution is 5.35. The number of aliphatic hydroxyl groups is 1. The van der Waals surface area contributed by atoms with Gasteiger partial charge in [0.25, 0.3) is 0 Å². The summed E-state index contributed by atoms with van der Waals surface area (Å²) in [5.74, 6) is 0.491. The first-order chi connectivity index (χ1) is 10.1. The Hall–Kier alpha value is -1.60. The molecule has 0 amide bonds. The van der Waals surface area contributed by atoms with Gasteiger partial charge in [0, 0.05) is 0 Å². The molecule has 1 aliphatic carbocycles. The molecule has 2 atom stereocenters. The van der Waals surface area contributed by atoms with E-state index in [0.717, 1.165) is 12.0 Å². The zero-order valence-electron chi connectivity index (χ0n) is 13.0. The molecule has 2 unspecified atom stereocenters. The van der Waals surface area contributed by atoms with Crippen LogP contribution in [-0.2, 0) is 6.42 Å². The fourth-order valence-corrected chi connectivity index (χ4v) is 3.70. The predicted molar refractivity (Wildman–Crippen MR) is 87.6 cm³/mol. The molecule has 110 valence electrons. The van der Waals surface area contributed by atoms with Crippen LogP contribution in [0.2, 0.25) is 0 Å². The van der Waals surface area contributed by atoms with Crippen LogP contribution in [0, 0.1) is 13.8 Å². The van der Waals surface area contributed by atoms with E-state index in [-0.39, 0.29) is 6.10 Å². The van der Waals surface area contributed by atoms with E-state index < -0.39 is 0 Å². The van der Waals surface area contributed by atoms with E-state index in [9.17, 15) is 5.11 Å². The molecule has 1 aliphatic rings. The smallest absolute Gasteiger partial charge is 0.0798 e. The third-order valence-corrected chi connectivity index (χ3v) is 4.79. The van der Waals surface area contributed by atoms with E-state index >= 15 is 0 Å². The number of hydrogen-bond acceptors (Lipinski definition) is 1. The van der Waals surface area contributed by atoms with Gasteiger partial charge in [0.15, 0.2) is 0 Å². The van der Waals surface area contributed by atoms with Crippen LogP contribution in [0.15, 0.2) is 42.5 Å². The molecule has 1 nitrogen and oxygen atoms in total. The minimum atomic E-state index is -0.359. The van der Waals surface area contributed by atoms with Gasteiger partial charge >= 0.3 is 0 Å². The Kier molecular flexibility index (Phi) is 4.12. The van der Waals surface area contributed by atoms with E-state index in [0.29, 0.717) is 5.92 Å². The van der Waals surface area contributed by atoms with Crippen molar-refractivity contribution in [2.24, 2.45) is 0 Å². The second kappa shape index (κ2) is 6.03. The Balaban J connectivity index is 1.81. The van der Waals surface area contributed by atoms with Gasteiger partial charge in [0.1, 0.15) is 0 Å². The van der Waals surface area contributed by atoms with Crippen LogP contribution >= 0.6 is 0 Å². The summed E-state index contributed by atoms with van der Waals surface area (Å²) in [4.78, 5) is 0. The molecule has 0 aromatic heterocycles. The number of aliphatic hydroxyl groups excluding tert-OH is 1. The molecule has 1 heteroatoms. The maximum absolute atomic E-state index is 10.7. The molecule has 2 aromatic rings. The average molecular weight is 280 g/mol. The molecule has 0 saturated heterocycles. The summed E-state index contributed by atoms with van der Waals surface area (Å²) in [7, 11) is 0. The van der Waals surface area contributed by atoms with Crippen LogP contribution in [0.4, 0.5) is 0 Å². The van der Waals surface area contributed by atoms with Crippen LogP contribution in [0.3, 0.4) is 0 Å². The van der Waals surface area contributed by atoms with Crippen molar-refractivity contribution in [3.8, 4) is 0 Å². The molecule has 1 N–H and O–H groups in total. The fourth-order valence-electron chi connectivity index (χ4n) is 3.70. The molecule has 0 fully saturated rings. The van der Waals surface area contributed by atoms with E-state index in [4.69, 9.17) is 0 Å². The van der Waals surface area contributed by atoms with Gasteiger partial charge in [-0.1, -0.05) is 48.0 Å². The monoisotopic (exact) mass is 280 g/mol. The second-order valence-electron chi connectivity index (χ2n) is 6.40. The van der Waals surface area contributed by atoms with E-state index in [1.807, 2.05) is 0 Å². The van der Waals surface area contributed by atoms with Crippen molar-refractivity contribution in [2.75, 3.05) is 0 Å². The molecule has 3 rings (SSSR count). The van der Waals surface area contributed by atoms with Gasteiger partial charge in [-0.15, -0.1) is 0 Å². The third-order valence-electron chi connectivity index (χ3n) is 4.79. The molecular weight excluding hydrogens is 256 g/mol. The maximum Gasteiger partial charge on any atom is 0.0798 e. The lowest BCUT2D eigenvalue weighted by atomic mass is 9.79. The second-order valence-corrected chi connectivity index (χ2v) is 6.40. The van der Waals surface area contributed by atoms with E-state index in [2.05, 4.69) is 56.3 Å². The van der Waals surface area contributed by atoms with Gasteiger partial charge in [0.05, 0.1) is 6.10 Å². The quantitative estimate of drug-likeness (QED) is 0.852. The summed E-state index contributed by atoms with van der Waals surface area (Å²) in [6.45, 7) is 4.20. The molecular formula is C20H24O. The molecule has 2 aromatic carbocycles. The van der Waals surface area contributed by atoms with Crippen LogP contribution < -0.4 is 0 Å². The Labute approximate surface area is 127 Å². The maximum atomic E-state index is 10.7. The van der Waals surface area contributed by atoms with Crippen molar-refractivity contribution >= 4 is 0 Å². The highest BCUT2D eigenvalue weighted by Crippen LogP contribution is 2.38. The molecule has 0 spiro atoms. The molecule has 0 saturated carbocycles. The van der Waals surface area contributed by atoms with Gasteiger partial charge in [-0.2, -0.15) is 0 Å². The third kappa shape index (κ3) is 3.03. The lowest BCUT2D eigenvalue weighted by Gasteiger charge is -2.28. The van der Waals surface area contributed by atoms with E-state index in [1.165, 1.54) is 41.5 Å². The standard InChI is InChI=1S/C20H24O/c1-14-10-11-18(15(2)12-14)20(21)13-17-8-5-7-16-6-3-4-9-19(16)17/h3-4,6,9-12,17,20-21H,5,7-8,13H2,1-2H3. The number of rotatable bonds is 3. The topological polar surface area (TPSA) is 20.2 Å². The summed E-state index contributed by atoms with van der Waals surface area (Å²) in [5.41, 5.74) is 6.47. The van der Waals surface area contributed by atoms with Crippen molar-refractivity contribution < 1.29 is 5.11 Å². The minimum absolute atomic E-state index is 0.359. The van der Waals surface area contributed by atoms with Gasteiger partial charge in [-0.05, 0) is 67.7 Å². The molecule has 0 aliphatic heterocycles. The number of fused-ring (bicyclic) bond motifs is 1. The first-order valence-electron chi connectivity index (χ1n) is 7.98. The summed E-state index contributed by atoms with van der Waals surface area (Å²) in [6, 6.07) is 15.1. The zero-order chi connectivity index (χ0) is 14.8. The summed E-state index contributed by atoms with van der Waals surface area (Å²) >= 11 is 0. The summed E-state index contributed by atoms with van der Waals surface area (Å²) < 4.78 is 0. The molecule has 0 radical (unpaired) electrons. The lowest BCUT2D eigenvalue weighted by molar-refractivity contribution is 0.153. The summed E-state index contributed by atoms with van der Waals surface area (Å²) in [6.07, 6.45) is 4.09. The largest absolute Gasteiger partial charge is 0.388 e. The first kappa shape index (κ1) is 14.3. The van der Waals surface area contributed by atoms with Crippen molar-refractivity contribution in [3.05, 3.63) is 70.3 Å². The first-order valence-corrected chi connectivity index (χ1v) is 7.98. The fraction of sp³-hybridized carbons (Fsp3) is 0.400. The highest BCUT2D eigenvalue weighted by atomic mass is 16.3. The van der Waals surface area contributed by atoms with Gasteiger partial charge in [-0.25, -0.2) is 0 Å². The van der Waals surface area contributed by atoms with Crippen LogP contribution in [0.1, 0.15) is 59.1 Å². The Morgan fingerprint density at radius 3 is 2.76 bits per heavy atom. The molecule has 0 heterocycles. The van der Waals surface area contributed by atoms with Gasteiger partial charge in [-0.3, -0.25) is 0 Å². The van der Waals surface area contributed by atoms with Crippen molar-refractivity contribution in [3.63, 3.8) is 0 Å². The Bertz CT molecular complexity index is 629.